The maximum Gasteiger partial charge on any atom is 0.416 e. The number of nitrogens with zero attached hydrogens (tertiary/aromatic N) is 2. The summed E-state index contributed by atoms with van der Waals surface area (Å²) in [5.41, 5.74) is -0.0663. The summed E-state index contributed by atoms with van der Waals surface area (Å²) >= 11 is 0. The van der Waals surface area contributed by atoms with Crippen molar-refractivity contribution >= 4 is 15.9 Å². The molecule has 0 aliphatic carbocycles. The van der Waals surface area contributed by atoms with E-state index in [4.69, 9.17) is 4.74 Å². The molecule has 0 spiro atoms. The summed E-state index contributed by atoms with van der Waals surface area (Å²) in [5.74, 6) is 0.329. The van der Waals surface area contributed by atoms with Crippen molar-refractivity contribution < 1.29 is 31.1 Å². The lowest BCUT2D eigenvalue weighted by Crippen LogP contribution is -2.43. The average Bonchev–Trinajstić information content (AvgIpc) is 2.79. The number of piperidine rings is 1. The van der Waals surface area contributed by atoms with Gasteiger partial charge >= 0.3 is 6.18 Å². The Balaban J connectivity index is 1.60. The van der Waals surface area contributed by atoms with E-state index >= 15 is 0 Å². The molecular formula is C23H27F3N2O4S. The van der Waals surface area contributed by atoms with Gasteiger partial charge in [-0.2, -0.15) is 17.5 Å². The summed E-state index contributed by atoms with van der Waals surface area (Å²) < 4.78 is 71.2. The zero-order valence-electron chi connectivity index (χ0n) is 18.5. The van der Waals surface area contributed by atoms with E-state index in [1.54, 1.807) is 11.9 Å². The molecule has 3 rings (SSSR count). The zero-order chi connectivity index (χ0) is 24.2. The van der Waals surface area contributed by atoms with E-state index in [-0.39, 0.29) is 24.9 Å². The number of alkyl halides is 3. The van der Waals surface area contributed by atoms with Crippen molar-refractivity contribution in [2.75, 3.05) is 26.7 Å². The first-order chi connectivity index (χ1) is 15.5. The van der Waals surface area contributed by atoms with E-state index in [9.17, 15) is 26.4 Å². The first kappa shape index (κ1) is 25.0. The first-order valence-electron chi connectivity index (χ1n) is 10.7. The van der Waals surface area contributed by atoms with Crippen LogP contribution >= 0.6 is 0 Å². The third-order valence-corrected chi connectivity index (χ3v) is 7.53. The summed E-state index contributed by atoms with van der Waals surface area (Å²) in [6.45, 7) is 3.03. The molecule has 0 unspecified atom stereocenters. The SMILES string of the molecule is CCOc1ccc(CN(C)C(=O)C2CCN(S(=O)(=O)c3cccc(C(F)(F)F)c3)CC2)cc1. The number of sulfonamides is 1. The molecule has 10 heteroatoms. The van der Waals surface area contributed by atoms with Crippen molar-refractivity contribution in [3.05, 3.63) is 59.7 Å². The minimum atomic E-state index is -4.63. The van der Waals surface area contributed by atoms with Crippen LogP contribution in [0.3, 0.4) is 0 Å². The van der Waals surface area contributed by atoms with E-state index in [1.165, 1.54) is 0 Å². The molecule has 6 nitrogen and oxygen atoms in total. The average molecular weight is 485 g/mol. The van der Waals surface area contributed by atoms with Crippen LogP contribution in [0.2, 0.25) is 0 Å². The maximum absolute atomic E-state index is 13.0. The lowest BCUT2D eigenvalue weighted by atomic mass is 9.96. The fourth-order valence-electron chi connectivity index (χ4n) is 3.85. The standard InChI is InChI=1S/C23H27F3N2O4S/c1-3-32-20-9-7-17(8-10-20)16-27(2)22(29)18-11-13-28(14-12-18)33(30,31)21-6-4-5-19(15-21)23(24,25)26/h4-10,15,18H,3,11-14,16H2,1-2H3. The third-order valence-electron chi connectivity index (χ3n) is 5.63. The van der Waals surface area contributed by atoms with Crippen LogP contribution < -0.4 is 4.74 Å². The topological polar surface area (TPSA) is 66.9 Å². The van der Waals surface area contributed by atoms with Gasteiger partial charge in [-0.25, -0.2) is 8.42 Å². The lowest BCUT2D eigenvalue weighted by molar-refractivity contribution is -0.138. The number of hydrogen-bond donors (Lipinski definition) is 0. The highest BCUT2D eigenvalue weighted by atomic mass is 32.2. The lowest BCUT2D eigenvalue weighted by Gasteiger charge is -2.32. The fraction of sp³-hybridized carbons (Fsp3) is 0.435. The van der Waals surface area contributed by atoms with E-state index in [0.29, 0.717) is 32.1 Å². The van der Waals surface area contributed by atoms with Gasteiger partial charge in [-0.1, -0.05) is 18.2 Å². The second-order valence-corrected chi connectivity index (χ2v) is 9.91. The molecule has 1 fully saturated rings. The van der Waals surface area contributed by atoms with Crippen molar-refractivity contribution in [2.24, 2.45) is 5.92 Å². The predicted octanol–water partition coefficient (Wildman–Crippen LogP) is 4.16. The number of hydrogen-bond acceptors (Lipinski definition) is 4. The highest BCUT2D eigenvalue weighted by Gasteiger charge is 2.35. The van der Waals surface area contributed by atoms with Crippen LogP contribution in [0, 0.1) is 5.92 Å². The predicted molar refractivity (Wildman–Crippen MR) is 117 cm³/mol. The summed E-state index contributed by atoms with van der Waals surface area (Å²) in [6.07, 6.45) is -4.01. The molecule has 1 heterocycles. The number of benzene rings is 2. The molecule has 33 heavy (non-hydrogen) atoms. The summed E-state index contributed by atoms with van der Waals surface area (Å²) in [5, 5.41) is 0. The molecule has 180 valence electrons. The maximum atomic E-state index is 13.0. The molecule has 2 aromatic rings. The van der Waals surface area contributed by atoms with Gasteiger partial charge < -0.3 is 9.64 Å². The van der Waals surface area contributed by atoms with E-state index < -0.39 is 26.7 Å². The van der Waals surface area contributed by atoms with Crippen LogP contribution in [-0.2, 0) is 27.5 Å². The summed E-state index contributed by atoms with van der Waals surface area (Å²) in [6, 6.07) is 11.2. The molecule has 0 saturated carbocycles. The minimum absolute atomic E-state index is 0.0753. The molecule has 1 saturated heterocycles. The summed E-state index contributed by atoms with van der Waals surface area (Å²) in [7, 11) is -2.38. The molecule has 2 aromatic carbocycles. The Bertz CT molecular complexity index is 1060. The number of halogens is 3. The Kier molecular flexibility index (Phi) is 7.69. The smallest absolute Gasteiger partial charge is 0.416 e. The minimum Gasteiger partial charge on any atom is -0.494 e. The highest BCUT2D eigenvalue weighted by Crippen LogP contribution is 2.32. The monoisotopic (exact) mass is 484 g/mol. The number of ether oxygens (including phenoxy) is 1. The van der Waals surface area contributed by atoms with Crippen molar-refractivity contribution in [3.63, 3.8) is 0 Å². The van der Waals surface area contributed by atoms with Gasteiger partial charge in [-0.05, 0) is 55.7 Å². The number of amides is 1. The van der Waals surface area contributed by atoms with Gasteiger partial charge in [0, 0.05) is 32.6 Å². The largest absolute Gasteiger partial charge is 0.494 e. The van der Waals surface area contributed by atoms with Crippen LogP contribution in [0.4, 0.5) is 13.2 Å². The third kappa shape index (κ3) is 6.05. The Morgan fingerprint density at radius 2 is 1.76 bits per heavy atom. The Morgan fingerprint density at radius 1 is 1.12 bits per heavy atom. The van der Waals surface area contributed by atoms with Crippen LogP contribution in [0.1, 0.15) is 30.9 Å². The van der Waals surface area contributed by atoms with Crippen molar-refractivity contribution in [1.82, 2.24) is 9.21 Å². The Morgan fingerprint density at radius 3 is 2.33 bits per heavy atom. The first-order valence-corrected chi connectivity index (χ1v) is 12.1. The van der Waals surface area contributed by atoms with E-state index in [2.05, 4.69) is 0 Å². The second-order valence-electron chi connectivity index (χ2n) is 7.98. The van der Waals surface area contributed by atoms with Gasteiger partial charge in [0.25, 0.3) is 0 Å². The van der Waals surface area contributed by atoms with Gasteiger partial charge in [0.1, 0.15) is 5.75 Å². The molecule has 0 N–H and O–H groups in total. The molecule has 1 aliphatic rings. The zero-order valence-corrected chi connectivity index (χ0v) is 19.3. The molecular weight excluding hydrogens is 457 g/mol. The molecule has 1 aliphatic heterocycles. The molecule has 1 amide bonds. The molecule has 0 bridgehead atoms. The molecule has 0 radical (unpaired) electrons. The number of carbonyl (C=O) groups is 1. The van der Waals surface area contributed by atoms with Crippen LogP contribution in [0.5, 0.6) is 5.75 Å². The Labute approximate surface area is 192 Å². The van der Waals surface area contributed by atoms with E-state index in [1.807, 2.05) is 31.2 Å². The van der Waals surface area contributed by atoms with Crippen LogP contribution in [0.25, 0.3) is 0 Å². The van der Waals surface area contributed by atoms with Crippen molar-refractivity contribution in [1.29, 1.82) is 0 Å². The second kappa shape index (κ2) is 10.1. The van der Waals surface area contributed by atoms with Crippen LogP contribution in [-0.4, -0.2) is 50.3 Å². The molecule has 0 aromatic heterocycles. The highest BCUT2D eigenvalue weighted by molar-refractivity contribution is 7.89. The van der Waals surface area contributed by atoms with Gasteiger partial charge in [0.2, 0.25) is 15.9 Å². The van der Waals surface area contributed by atoms with Crippen molar-refractivity contribution in [2.45, 2.75) is 37.4 Å². The van der Waals surface area contributed by atoms with Crippen molar-refractivity contribution in [3.8, 4) is 5.75 Å². The molecule has 0 atom stereocenters. The van der Waals surface area contributed by atoms with Gasteiger partial charge in [0.05, 0.1) is 17.1 Å². The number of rotatable bonds is 7. The van der Waals surface area contributed by atoms with Gasteiger partial charge in [0.15, 0.2) is 0 Å². The normalized spacial score (nSPS) is 15.9. The number of carbonyl (C=O) groups excluding carboxylic acids is 1. The summed E-state index contributed by atoms with van der Waals surface area (Å²) in [4.78, 5) is 14.1. The van der Waals surface area contributed by atoms with Gasteiger partial charge in [-0.3, -0.25) is 4.79 Å². The van der Waals surface area contributed by atoms with Crippen LogP contribution in [0.15, 0.2) is 53.4 Å². The Hall–Kier alpha value is -2.59. The van der Waals surface area contributed by atoms with E-state index in [0.717, 1.165) is 33.8 Å². The fourth-order valence-corrected chi connectivity index (χ4v) is 5.36. The quantitative estimate of drug-likeness (QED) is 0.592. The van der Waals surface area contributed by atoms with Gasteiger partial charge in [-0.15, -0.1) is 0 Å².